The fraction of sp³-hybridized carbons (Fsp3) is 0.789. The van der Waals surface area contributed by atoms with Gasteiger partial charge in [-0.2, -0.15) is 0 Å². The van der Waals surface area contributed by atoms with E-state index in [4.69, 9.17) is 0 Å². The summed E-state index contributed by atoms with van der Waals surface area (Å²) in [4.78, 5) is 23.4. The fourth-order valence-electron chi connectivity index (χ4n) is 6.74. The highest BCUT2D eigenvalue weighted by Gasteiger charge is 2.60. The van der Waals surface area contributed by atoms with Crippen molar-refractivity contribution >= 4 is 11.9 Å². The zero-order valence-corrected chi connectivity index (χ0v) is 14.0. The van der Waals surface area contributed by atoms with Crippen LogP contribution in [0.5, 0.6) is 0 Å². The number of hydrogen-bond donors (Lipinski definition) is 2. The van der Waals surface area contributed by atoms with Crippen molar-refractivity contribution in [2.45, 2.75) is 58.4 Å². The molecule has 3 aliphatic carbocycles. The van der Waals surface area contributed by atoms with Crippen LogP contribution < -0.4 is 5.32 Å². The van der Waals surface area contributed by atoms with Crippen molar-refractivity contribution in [1.82, 2.24) is 5.32 Å². The Morgan fingerprint density at radius 2 is 1.96 bits per heavy atom. The molecule has 0 spiro atoms. The molecule has 1 heterocycles. The van der Waals surface area contributed by atoms with Crippen molar-refractivity contribution < 1.29 is 14.7 Å². The molecule has 3 fully saturated rings. The number of hydrogen-bond acceptors (Lipinski definition) is 2. The number of amides is 1. The maximum Gasteiger partial charge on any atom is 0.307 e. The molecule has 0 unspecified atom stereocenters. The molecule has 4 aliphatic rings. The first kappa shape index (κ1) is 15.2. The molecule has 0 aromatic carbocycles. The summed E-state index contributed by atoms with van der Waals surface area (Å²) in [7, 11) is 0. The summed E-state index contributed by atoms with van der Waals surface area (Å²) in [6.45, 7) is 4.53. The molecule has 126 valence electrons. The molecule has 0 saturated heterocycles. The van der Waals surface area contributed by atoms with Gasteiger partial charge in [0.25, 0.3) is 0 Å². The first-order valence-corrected chi connectivity index (χ1v) is 9.09. The number of fused-ring (bicyclic) bond motifs is 5. The summed E-state index contributed by atoms with van der Waals surface area (Å²) in [5.41, 5.74) is 0.0112. The molecular weight excluding hydrogens is 290 g/mol. The average Bonchev–Trinajstić information content (AvgIpc) is 2.85. The predicted octanol–water partition coefficient (Wildman–Crippen LogP) is 2.98. The second kappa shape index (κ2) is 4.84. The van der Waals surface area contributed by atoms with Crippen molar-refractivity contribution in [2.75, 3.05) is 0 Å². The van der Waals surface area contributed by atoms with Crippen LogP contribution in [0.25, 0.3) is 0 Å². The zero-order chi connectivity index (χ0) is 16.4. The van der Waals surface area contributed by atoms with Gasteiger partial charge in [-0.1, -0.05) is 19.9 Å². The number of carbonyl (C=O) groups is 2. The molecule has 0 bridgehead atoms. The minimum atomic E-state index is -0.599. The summed E-state index contributed by atoms with van der Waals surface area (Å²) in [5, 5.41) is 12.8. The van der Waals surface area contributed by atoms with Gasteiger partial charge in [0.15, 0.2) is 0 Å². The lowest BCUT2D eigenvalue weighted by atomic mass is 9.48. The smallest absolute Gasteiger partial charge is 0.307 e. The van der Waals surface area contributed by atoms with Gasteiger partial charge < -0.3 is 10.4 Å². The van der Waals surface area contributed by atoms with Crippen LogP contribution in [0, 0.1) is 34.5 Å². The number of rotatable bonds is 1. The highest BCUT2D eigenvalue weighted by Crippen LogP contribution is 2.64. The molecule has 23 heavy (non-hydrogen) atoms. The molecule has 3 saturated carbocycles. The van der Waals surface area contributed by atoms with E-state index >= 15 is 0 Å². The number of carbonyl (C=O) groups excluding carboxylic acids is 1. The van der Waals surface area contributed by atoms with Crippen molar-refractivity contribution in [2.24, 2.45) is 34.5 Å². The summed E-state index contributed by atoms with van der Waals surface area (Å²) in [6, 6.07) is 0.252. The van der Waals surface area contributed by atoms with Crippen molar-refractivity contribution in [3.63, 3.8) is 0 Å². The zero-order valence-electron chi connectivity index (χ0n) is 14.0. The van der Waals surface area contributed by atoms with Crippen LogP contribution in [0.2, 0.25) is 0 Å². The minimum Gasteiger partial charge on any atom is -0.481 e. The van der Waals surface area contributed by atoms with Crippen LogP contribution in [-0.2, 0) is 9.59 Å². The van der Waals surface area contributed by atoms with E-state index in [0.717, 1.165) is 38.5 Å². The number of carboxylic acid groups (broad SMARTS) is 1. The van der Waals surface area contributed by atoms with Crippen molar-refractivity contribution in [1.29, 1.82) is 0 Å². The maximum atomic E-state index is 11.7. The normalized spacial score (nSPS) is 51.4. The van der Waals surface area contributed by atoms with Gasteiger partial charge in [-0.15, -0.1) is 0 Å². The molecule has 0 aromatic heterocycles. The molecule has 7 atom stereocenters. The second-order valence-corrected chi connectivity index (χ2v) is 8.73. The van der Waals surface area contributed by atoms with E-state index in [0.29, 0.717) is 17.8 Å². The first-order chi connectivity index (χ1) is 10.9. The molecule has 1 aliphatic heterocycles. The van der Waals surface area contributed by atoms with Gasteiger partial charge in [-0.25, -0.2) is 0 Å². The maximum absolute atomic E-state index is 11.7. The van der Waals surface area contributed by atoms with E-state index in [1.165, 1.54) is 0 Å². The van der Waals surface area contributed by atoms with Crippen LogP contribution >= 0.6 is 0 Å². The topological polar surface area (TPSA) is 66.4 Å². The molecule has 4 rings (SSSR count). The molecule has 4 heteroatoms. The van der Waals surface area contributed by atoms with Crippen LogP contribution in [0.3, 0.4) is 0 Å². The lowest BCUT2D eigenvalue weighted by Gasteiger charge is -2.58. The van der Waals surface area contributed by atoms with Crippen LogP contribution in [0.4, 0.5) is 0 Å². The van der Waals surface area contributed by atoms with Crippen LogP contribution in [0.1, 0.15) is 52.4 Å². The SMILES string of the molecule is C[C@]12C=CC(=O)N[C@@H]1CC[C@H]1[C@@H]2CC[C@]2(C)[C@@H](C(=O)O)CC[C@@H]12. The number of nitrogens with one attached hydrogen (secondary N) is 1. The molecule has 0 radical (unpaired) electrons. The molecule has 1 amide bonds. The number of carboxylic acids is 1. The highest BCUT2D eigenvalue weighted by atomic mass is 16.4. The van der Waals surface area contributed by atoms with E-state index < -0.39 is 5.97 Å². The predicted molar refractivity (Wildman–Crippen MR) is 86.6 cm³/mol. The second-order valence-electron chi connectivity index (χ2n) is 8.73. The van der Waals surface area contributed by atoms with Gasteiger partial charge in [0.1, 0.15) is 0 Å². The van der Waals surface area contributed by atoms with Crippen molar-refractivity contribution in [3.05, 3.63) is 12.2 Å². The van der Waals surface area contributed by atoms with Crippen LogP contribution in [-0.4, -0.2) is 23.0 Å². The molecule has 2 N–H and O–H groups in total. The van der Waals surface area contributed by atoms with E-state index in [2.05, 4.69) is 25.2 Å². The summed E-state index contributed by atoms with van der Waals surface area (Å²) in [6.07, 6.45) is 10.0. The standard InChI is InChI=1S/C19H27NO3/c1-18-9-7-13-11(12(18)4-5-14(18)17(22)23)3-6-15-19(13,2)10-8-16(21)20-15/h8,10-15H,3-7,9H2,1-2H3,(H,20,21)(H,22,23)/t11-,12+,13+,14-,15-,18+,19-/m1/s1. The fourth-order valence-corrected chi connectivity index (χ4v) is 6.74. The van der Waals surface area contributed by atoms with Gasteiger partial charge in [0, 0.05) is 11.5 Å². The third-order valence-electron chi connectivity index (χ3n) is 7.98. The Kier molecular flexibility index (Phi) is 3.20. The Morgan fingerprint density at radius 1 is 1.17 bits per heavy atom. The van der Waals surface area contributed by atoms with Gasteiger partial charge in [-0.3, -0.25) is 9.59 Å². The third kappa shape index (κ3) is 1.96. The van der Waals surface area contributed by atoms with E-state index in [1.807, 2.05) is 0 Å². The van der Waals surface area contributed by atoms with E-state index in [-0.39, 0.29) is 28.7 Å². The van der Waals surface area contributed by atoms with Gasteiger partial charge in [0.05, 0.1) is 5.92 Å². The monoisotopic (exact) mass is 317 g/mol. The number of aliphatic carboxylic acids is 1. The average molecular weight is 317 g/mol. The summed E-state index contributed by atoms with van der Waals surface area (Å²) in [5.74, 6) is 0.992. The molecular formula is C19H27NO3. The Labute approximate surface area is 137 Å². The van der Waals surface area contributed by atoms with E-state index in [1.54, 1.807) is 6.08 Å². The first-order valence-electron chi connectivity index (χ1n) is 9.09. The van der Waals surface area contributed by atoms with Gasteiger partial charge in [0.2, 0.25) is 5.91 Å². The van der Waals surface area contributed by atoms with E-state index in [9.17, 15) is 14.7 Å². The lowest BCUT2D eigenvalue weighted by Crippen LogP contribution is -2.59. The molecule has 4 nitrogen and oxygen atoms in total. The Balaban J connectivity index is 1.66. The van der Waals surface area contributed by atoms with Gasteiger partial charge in [-0.05, 0) is 67.8 Å². The Morgan fingerprint density at radius 3 is 2.70 bits per heavy atom. The van der Waals surface area contributed by atoms with Crippen molar-refractivity contribution in [3.8, 4) is 0 Å². The summed E-state index contributed by atoms with van der Waals surface area (Å²) < 4.78 is 0. The summed E-state index contributed by atoms with van der Waals surface area (Å²) >= 11 is 0. The molecule has 0 aromatic rings. The lowest BCUT2D eigenvalue weighted by molar-refractivity contribution is -0.150. The Bertz CT molecular complexity index is 585. The van der Waals surface area contributed by atoms with Gasteiger partial charge >= 0.3 is 5.97 Å². The highest BCUT2D eigenvalue weighted by molar-refractivity contribution is 5.89. The largest absolute Gasteiger partial charge is 0.481 e. The quantitative estimate of drug-likeness (QED) is 0.781. The third-order valence-corrected chi connectivity index (χ3v) is 7.98. The Hall–Kier alpha value is -1.32. The minimum absolute atomic E-state index is 0.0299. The van der Waals surface area contributed by atoms with Crippen LogP contribution in [0.15, 0.2) is 12.2 Å².